The van der Waals surface area contributed by atoms with Crippen molar-refractivity contribution in [1.82, 2.24) is 0 Å². The maximum absolute atomic E-state index is 6.37. The van der Waals surface area contributed by atoms with Crippen molar-refractivity contribution in [2.75, 3.05) is 0 Å². The highest BCUT2D eigenvalue weighted by atomic mass is 16.3. The Kier molecular flexibility index (Phi) is 1.71. The van der Waals surface area contributed by atoms with Crippen LogP contribution in [-0.4, -0.2) is 0 Å². The SMILES string of the molecule is CCC1CC1(N)c1coc2ccccc12. The zero-order valence-corrected chi connectivity index (χ0v) is 8.86. The van der Waals surface area contributed by atoms with Gasteiger partial charge in [-0.3, -0.25) is 0 Å². The lowest BCUT2D eigenvalue weighted by Crippen LogP contribution is -2.21. The molecule has 0 amide bonds. The van der Waals surface area contributed by atoms with E-state index in [9.17, 15) is 0 Å². The van der Waals surface area contributed by atoms with Crippen LogP contribution in [0.2, 0.25) is 0 Å². The van der Waals surface area contributed by atoms with Gasteiger partial charge in [0.1, 0.15) is 5.58 Å². The summed E-state index contributed by atoms with van der Waals surface area (Å²) in [4.78, 5) is 0. The molecule has 1 aliphatic carbocycles. The largest absolute Gasteiger partial charge is 0.464 e. The van der Waals surface area contributed by atoms with Crippen molar-refractivity contribution in [1.29, 1.82) is 0 Å². The molecule has 1 fully saturated rings. The third kappa shape index (κ3) is 1.15. The van der Waals surface area contributed by atoms with Gasteiger partial charge in [-0.05, 0) is 18.4 Å². The Bertz CT molecular complexity index is 502. The lowest BCUT2D eigenvalue weighted by atomic mass is 10.0. The topological polar surface area (TPSA) is 39.2 Å². The van der Waals surface area contributed by atoms with Gasteiger partial charge in [0.15, 0.2) is 0 Å². The molecule has 0 spiro atoms. The van der Waals surface area contributed by atoms with Gasteiger partial charge in [0.05, 0.1) is 6.26 Å². The van der Waals surface area contributed by atoms with Crippen LogP contribution >= 0.6 is 0 Å². The average Bonchev–Trinajstić information content (AvgIpc) is 2.76. The number of hydrogen-bond acceptors (Lipinski definition) is 2. The second-order valence-electron chi connectivity index (χ2n) is 4.50. The average molecular weight is 201 g/mol. The van der Waals surface area contributed by atoms with Gasteiger partial charge in [-0.1, -0.05) is 31.5 Å². The van der Waals surface area contributed by atoms with Gasteiger partial charge in [0.2, 0.25) is 0 Å². The van der Waals surface area contributed by atoms with Gasteiger partial charge in [0.25, 0.3) is 0 Å². The minimum atomic E-state index is -0.124. The van der Waals surface area contributed by atoms with Crippen LogP contribution in [0.5, 0.6) is 0 Å². The number of nitrogens with two attached hydrogens (primary N) is 1. The first-order valence-electron chi connectivity index (χ1n) is 5.51. The van der Waals surface area contributed by atoms with Crippen LogP contribution in [0.15, 0.2) is 34.9 Å². The number of furan rings is 1. The molecule has 78 valence electrons. The zero-order chi connectivity index (χ0) is 10.5. The number of hydrogen-bond donors (Lipinski definition) is 1. The second-order valence-corrected chi connectivity index (χ2v) is 4.50. The van der Waals surface area contributed by atoms with Gasteiger partial charge in [-0.2, -0.15) is 0 Å². The van der Waals surface area contributed by atoms with Gasteiger partial charge in [-0.15, -0.1) is 0 Å². The molecule has 2 aromatic rings. The Morgan fingerprint density at radius 2 is 2.27 bits per heavy atom. The number of fused-ring (bicyclic) bond motifs is 1. The first kappa shape index (κ1) is 8.98. The van der Waals surface area contributed by atoms with Crippen LogP contribution in [0, 0.1) is 5.92 Å². The minimum absolute atomic E-state index is 0.124. The fourth-order valence-electron chi connectivity index (χ4n) is 2.53. The van der Waals surface area contributed by atoms with Gasteiger partial charge in [0, 0.05) is 16.5 Å². The third-order valence-corrected chi connectivity index (χ3v) is 3.63. The van der Waals surface area contributed by atoms with Crippen molar-refractivity contribution in [2.45, 2.75) is 25.3 Å². The highest BCUT2D eigenvalue weighted by molar-refractivity contribution is 5.82. The Morgan fingerprint density at radius 1 is 1.47 bits per heavy atom. The predicted molar refractivity (Wildman–Crippen MR) is 60.5 cm³/mol. The molecule has 0 aliphatic heterocycles. The third-order valence-electron chi connectivity index (χ3n) is 3.63. The van der Waals surface area contributed by atoms with Crippen LogP contribution in [-0.2, 0) is 5.54 Å². The van der Waals surface area contributed by atoms with Gasteiger partial charge >= 0.3 is 0 Å². The summed E-state index contributed by atoms with van der Waals surface area (Å²) in [5.74, 6) is 0.624. The molecule has 0 bridgehead atoms. The zero-order valence-electron chi connectivity index (χ0n) is 8.86. The van der Waals surface area contributed by atoms with E-state index in [4.69, 9.17) is 10.2 Å². The second kappa shape index (κ2) is 2.86. The molecule has 2 nitrogen and oxygen atoms in total. The van der Waals surface area contributed by atoms with E-state index in [1.54, 1.807) is 0 Å². The van der Waals surface area contributed by atoms with Crippen LogP contribution in [0.3, 0.4) is 0 Å². The smallest absolute Gasteiger partial charge is 0.134 e. The highest BCUT2D eigenvalue weighted by Gasteiger charge is 2.52. The van der Waals surface area contributed by atoms with Crippen LogP contribution in [0.25, 0.3) is 11.0 Å². The summed E-state index contributed by atoms with van der Waals surface area (Å²) in [6, 6.07) is 8.11. The van der Waals surface area contributed by atoms with Crippen LogP contribution in [0.1, 0.15) is 25.3 Å². The molecule has 0 radical (unpaired) electrons. The maximum atomic E-state index is 6.37. The van der Waals surface area contributed by atoms with E-state index in [0.29, 0.717) is 5.92 Å². The molecule has 1 heterocycles. The summed E-state index contributed by atoms with van der Waals surface area (Å²) < 4.78 is 5.53. The molecular formula is C13H15NO. The first-order valence-corrected chi connectivity index (χ1v) is 5.51. The lowest BCUT2D eigenvalue weighted by Gasteiger charge is -2.08. The van der Waals surface area contributed by atoms with E-state index in [1.165, 1.54) is 10.9 Å². The fraction of sp³-hybridized carbons (Fsp3) is 0.385. The fourth-order valence-corrected chi connectivity index (χ4v) is 2.53. The Morgan fingerprint density at radius 3 is 3.00 bits per heavy atom. The Labute approximate surface area is 89.1 Å². The summed E-state index contributed by atoms with van der Waals surface area (Å²) in [7, 11) is 0. The molecule has 1 saturated carbocycles. The predicted octanol–water partition coefficient (Wildman–Crippen LogP) is 3.02. The molecule has 2 unspecified atom stereocenters. The van der Waals surface area contributed by atoms with Crippen molar-refractivity contribution in [3.05, 3.63) is 36.1 Å². The molecule has 1 aromatic carbocycles. The van der Waals surface area contributed by atoms with E-state index in [-0.39, 0.29) is 5.54 Å². The molecule has 2 atom stereocenters. The van der Waals surface area contributed by atoms with Crippen LogP contribution in [0.4, 0.5) is 0 Å². The number of benzene rings is 1. The first-order chi connectivity index (χ1) is 7.25. The molecule has 1 aliphatic rings. The summed E-state index contributed by atoms with van der Waals surface area (Å²) in [6.45, 7) is 2.20. The van der Waals surface area contributed by atoms with E-state index in [0.717, 1.165) is 18.4 Å². The van der Waals surface area contributed by atoms with Crippen molar-refractivity contribution in [2.24, 2.45) is 11.7 Å². The molecule has 2 N–H and O–H groups in total. The van der Waals surface area contributed by atoms with Crippen molar-refractivity contribution in [3.8, 4) is 0 Å². The van der Waals surface area contributed by atoms with Gasteiger partial charge in [-0.25, -0.2) is 0 Å². The van der Waals surface area contributed by atoms with Crippen LogP contribution < -0.4 is 5.73 Å². The van der Waals surface area contributed by atoms with E-state index >= 15 is 0 Å². The normalized spacial score (nSPS) is 29.6. The summed E-state index contributed by atoms with van der Waals surface area (Å²) in [5, 5.41) is 1.18. The number of rotatable bonds is 2. The maximum Gasteiger partial charge on any atom is 0.134 e. The lowest BCUT2D eigenvalue weighted by molar-refractivity contribution is 0.575. The van der Waals surface area contributed by atoms with Crippen molar-refractivity contribution >= 4 is 11.0 Å². The Balaban J connectivity index is 2.13. The standard InChI is InChI=1S/C13H15NO/c1-2-9-7-13(9,14)11-8-15-12-6-4-3-5-10(11)12/h3-6,8-9H,2,7,14H2,1H3. The molecule has 3 rings (SSSR count). The van der Waals surface area contributed by atoms with Crippen molar-refractivity contribution in [3.63, 3.8) is 0 Å². The molecule has 0 saturated heterocycles. The van der Waals surface area contributed by atoms with Gasteiger partial charge < -0.3 is 10.2 Å². The Hall–Kier alpha value is -1.28. The highest BCUT2D eigenvalue weighted by Crippen LogP contribution is 2.53. The molecule has 2 heteroatoms. The molecular weight excluding hydrogens is 186 g/mol. The van der Waals surface area contributed by atoms with Crippen molar-refractivity contribution < 1.29 is 4.42 Å². The minimum Gasteiger partial charge on any atom is -0.464 e. The summed E-state index contributed by atoms with van der Waals surface area (Å²) in [6.07, 6.45) is 4.07. The van der Waals surface area contributed by atoms with E-state index < -0.39 is 0 Å². The quantitative estimate of drug-likeness (QED) is 0.811. The summed E-state index contributed by atoms with van der Waals surface area (Å²) >= 11 is 0. The monoisotopic (exact) mass is 201 g/mol. The summed E-state index contributed by atoms with van der Waals surface area (Å²) in [5.41, 5.74) is 8.38. The number of para-hydroxylation sites is 1. The van der Waals surface area contributed by atoms with E-state index in [1.807, 2.05) is 24.5 Å². The molecule has 1 aromatic heterocycles. The van der Waals surface area contributed by atoms with E-state index in [2.05, 4.69) is 13.0 Å². The molecule has 15 heavy (non-hydrogen) atoms.